The Hall–Kier alpha value is -2.07. The first kappa shape index (κ1) is 15.3. The average molecular weight is 289 g/mol. The van der Waals surface area contributed by atoms with Crippen LogP contribution in [0.2, 0.25) is 0 Å². The van der Waals surface area contributed by atoms with E-state index in [1.54, 1.807) is 6.07 Å². The van der Waals surface area contributed by atoms with E-state index in [0.717, 1.165) is 17.3 Å². The van der Waals surface area contributed by atoms with Gasteiger partial charge in [-0.1, -0.05) is 24.3 Å². The third kappa shape index (κ3) is 3.95. The Labute approximate surface area is 124 Å². The molecule has 3 nitrogen and oxygen atoms in total. The number of ether oxygens (including phenoxy) is 1. The largest absolute Gasteiger partial charge is 0.508 e. The molecular weight excluding hydrogens is 269 g/mol. The van der Waals surface area contributed by atoms with Crippen molar-refractivity contribution in [3.05, 3.63) is 59.4 Å². The van der Waals surface area contributed by atoms with Gasteiger partial charge in [-0.15, -0.1) is 0 Å². The van der Waals surface area contributed by atoms with Crippen LogP contribution in [0.1, 0.15) is 31.0 Å². The van der Waals surface area contributed by atoms with Gasteiger partial charge in [0.25, 0.3) is 0 Å². The predicted molar refractivity (Wildman–Crippen MR) is 81.9 cm³/mol. The van der Waals surface area contributed by atoms with Gasteiger partial charge in [0.2, 0.25) is 0 Å². The molecule has 4 heteroatoms. The van der Waals surface area contributed by atoms with E-state index in [4.69, 9.17) is 4.74 Å². The lowest BCUT2D eigenvalue weighted by atomic mass is 10.1. The van der Waals surface area contributed by atoms with Gasteiger partial charge in [0, 0.05) is 29.5 Å². The first-order valence-electron chi connectivity index (χ1n) is 7.02. The van der Waals surface area contributed by atoms with Crippen LogP contribution < -0.4 is 5.32 Å². The van der Waals surface area contributed by atoms with Crippen LogP contribution >= 0.6 is 0 Å². The Kier molecular flexibility index (Phi) is 5.17. The Morgan fingerprint density at radius 1 is 1.24 bits per heavy atom. The second kappa shape index (κ2) is 7.09. The number of phenolic OH excluding ortho intramolecular Hbond substituents is 1. The summed E-state index contributed by atoms with van der Waals surface area (Å²) in [5, 5.41) is 12.6. The fourth-order valence-electron chi connectivity index (χ4n) is 2.18. The second-order valence-electron chi connectivity index (χ2n) is 4.87. The molecule has 2 N–H and O–H groups in total. The number of benzene rings is 2. The van der Waals surface area contributed by atoms with Crippen molar-refractivity contribution in [1.29, 1.82) is 0 Å². The van der Waals surface area contributed by atoms with Crippen LogP contribution in [-0.2, 0) is 11.3 Å². The summed E-state index contributed by atoms with van der Waals surface area (Å²) in [5.74, 6) is -0.488. The molecule has 0 aliphatic carbocycles. The maximum absolute atomic E-state index is 13.9. The molecule has 0 bridgehead atoms. The smallest absolute Gasteiger partial charge is 0.132 e. The van der Waals surface area contributed by atoms with E-state index in [2.05, 4.69) is 5.32 Å². The fraction of sp³-hybridized carbons (Fsp3) is 0.294. The van der Waals surface area contributed by atoms with Gasteiger partial charge in [0.1, 0.15) is 11.6 Å². The van der Waals surface area contributed by atoms with Gasteiger partial charge in [0.05, 0.1) is 12.6 Å². The monoisotopic (exact) mass is 289 g/mol. The normalized spacial score (nSPS) is 12.1. The quantitative estimate of drug-likeness (QED) is 0.835. The van der Waals surface area contributed by atoms with Crippen LogP contribution in [0.3, 0.4) is 0 Å². The van der Waals surface area contributed by atoms with Gasteiger partial charge >= 0.3 is 0 Å². The zero-order chi connectivity index (χ0) is 15.2. The number of hydrogen-bond acceptors (Lipinski definition) is 3. The number of halogens is 1. The van der Waals surface area contributed by atoms with E-state index in [1.165, 1.54) is 6.07 Å². The highest BCUT2D eigenvalue weighted by molar-refractivity contribution is 5.52. The van der Waals surface area contributed by atoms with Gasteiger partial charge in [-0.25, -0.2) is 4.39 Å². The molecule has 0 spiro atoms. The van der Waals surface area contributed by atoms with Crippen LogP contribution in [0.15, 0.2) is 42.5 Å². The van der Waals surface area contributed by atoms with Crippen molar-refractivity contribution < 1.29 is 14.2 Å². The maximum atomic E-state index is 13.9. The highest BCUT2D eigenvalue weighted by Gasteiger charge is 2.13. The number of anilines is 1. The number of nitrogens with one attached hydrogen (secondary N) is 1. The van der Waals surface area contributed by atoms with E-state index in [0.29, 0.717) is 18.8 Å². The van der Waals surface area contributed by atoms with Crippen molar-refractivity contribution in [2.45, 2.75) is 26.5 Å². The van der Waals surface area contributed by atoms with Crippen molar-refractivity contribution in [3.8, 4) is 5.75 Å². The molecule has 0 aliphatic rings. The Balaban J connectivity index is 2.17. The van der Waals surface area contributed by atoms with E-state index in [1.807, 2.05) is 38.1 Å². The number of rotatable bonds is 6. The standard InChI is InChI=1S/C17H20FNO2/c1-3-21-11-13-6-4-5-7-17(13)19-12(2)15-9-8-14(20)10-16(15)18/h4-10,12,19-20H,3,11H2,1-2H3. The third-order valence-corrected chi connectivity index (χ3v) is 3.30. The Morgan fingerprint density at radius 2 is 2.00 bits per heavy atom. The molecule has 21 heavy (non-hydrogen) atoms. The zero-order valence-corrected chi connectivity index (χ0v) is 12.3. The fourth-order valence-corrected chi connectivity index (χ4v) is 2.18. The van der Waals surface area contributed by atoms with Gasteiger partial charge in [-0.2, -0.15) is 0 Å². The number of hydrogen-bond donors (Lipinski definition) is 2. The van der Waals surface area contributed by atoms with E-state index in [9.17, 15) is 9.50 Å². The van der Waals surface area contributed by atoms with Gasteiger partial charge in [-0.3, -0.25) is 0 Å². The van der Waals surface area contributed by atoms with Crippen LogP contribution in [0, 0.1) is 5.82 Å². The molecule has 2 aromatic carbocycles. The summed E-state index contributed by atoms with van der Waals surface area (Å²) in [6.07, 6.45) is 0. The molecule has 2 rings (SSSR count). The molecule has 0 heterocycles. The maximum Gasteiger partial charge on any atom is 0.132 e. The van der Waals surface area contributed by atoms with Crippen molar-refractivity contribution in [1.82, 2.24) is 0 Å². The van der Waals surface area contributed by atoms with Crippen molar-refractivity contribution in [2.24, 2.45) is 0 Å². The predicted octanol–water partition coefficient (Wildman–Crippen LogP) is 4.24. The van der Waals surface area contributed by atoms with Crippen molar-refractivity contribution in [3.63, 3.8) is 0 Å². The molecule has 112 valence electrons. The molecule has 0 aromatic heterocycles. The topological polar surface area (TPSA) is 41.5 Å². The van der Waals surface area contributed by atoms with E-state index >= 15 is 0 Å². The molecule has 1 atom stereocenters. The number of para-hydroxylation sites is 1. The summed E-state index contributed by atoms with van der Waals surface area (Å²) < 4.78 is 19.3. The summed E-state index contributed by atoms with van der Waals surface area (Å²) in [6.45, 7) is 5.00. The molecule has 0 fully saturated rings. The van der Waals surface area contributed by atoms with Gasteiger partial charge in [-0.05, 0) is 26.0 Å². The lowest BCUT2D eigenvalue weighted by Crippen LogP contribution is -2.10. The average Bonchev–Trinajstić information content (AvgIpc) is 2.46. The van der Waals surface area contributed by atoms with Crippen LogP contribution in [0.25, 0.3) is 0 Å². The molecule has 0 saturated heterocycles. The molecule has 1 unspecified atom stereocenters. The van der Waals surface area contributed by atoms with Crippen LogP contribution in [0.4, 0.5) is 10.1 Å². The lowest BCUT2D eigenvalue weighted by molar-refractivity contribution is 0.134. The highest BCUT2D eigenvalue weighted by atomic mass is 19.1. The molecule has 2 aromatic rings. The van der Waals surface area contributed by atoms with Gasteiger partial charge < -0.3 is 15.2 Å². The highest BCUT2D eigenvalue weighted by Crippen LogP contribution is 2.26. The number of aromatic hydroxyl groups is 1. The molecule has 0 saturated carbocycles. The summed E-state index contributed by atoms with van der Waals surface area (Å²) in [7, 11) is 0. The first-order chi connectivity index (χ1) is 10.1. The van der Waals surface area contributed by atoms with Crippen LogP contribution in [-0.4, -0.2) is 11.7 Å². The first-order valence-corrected chi connectivity index (χ1v) is 7.02. The Bertz CT molecular complexity index is 601. The minimum atomic E-state index is -0.419. The summed E-state index contributed by atoms with van der Waals surface area (Å²) in [5.41, 5.74) is 2.47. The SMILES string of the molecule is CCOCc1ccccc1NC(C)c1ccc(O)cc1F. The Morgan fingerprint density at radius 3 is 2.71 bits per heavy atom. The van der Waals surface area contributed by atoms with Gasteiger partial charge in [0.15, 0.2) is 0 Å². The molecule has 0 amide bonds. The minimum absolute atomic E-state index is 0.0693. The molecule has 0 aliphatic heterocycles. The zero-order valence-electron chi connectivity index (χ0n) is 12.3. The van der Waals surface area contributed by atoms with E-state index < -0.39 is 5.82 Å². The van der Waals surface area contributed by atoms with Crippen molar-refractivity contribution in [2.75, 3.05) is 11.9 Å². The van der Waals surface area contributed by atoms with E-state index in [-0.39, 0.29) is 11.8 Å². The van der Waals surface area contributed by atoms with Crippen molar-refractivity contribution >= 4 is 5.69 Å². The lowest BCUT2D eigenvalue weighted by Gasteiger charge is -2.19. The summed E-state index contributed by atoms with van der Waals surface area (Å²) in [4.78, 5) is 0. The summed E-state index contributed by atoms with van der Waals surface area (Å²) in [6, 6.07) is 11.8. The summed E-state index contributed by atoms with van der Waals surface area (Å²) >= 11 is 0. The third-order valence-electron chi connectivity index (χ3n) is 3.30. The minimum Gasteiger partial charge on any atom is -0.508 e. The molecule has 0 radical (unpaired) electrons. The number of phenols is 1. The second-order valence-corrected chi connectivity index (χ2v) is 4.87. The van der Waals surface area contributed by atoms with Crippen LogP contribution in [0.5, 0.6) is 5.75 Å². The molecular formula is C17H20FNO2.